The third-order valence-corrected chi connectivity index (χ3v) is 4.37. The normalized spacial score (nSPS) is 11.0. The number of hydrogen-bond acceptors (Lipinski definition) is 3. The Labute approximate surface area is 125 Å². The van der Waals surface area contributed by atoms with E-state index in [9.17, 15) is 0 Å². The summed E-state index contributed by atoms with van der Waals surface area (Å²) in [6.45, 7) is 9.05. The molecule has 1 aromatic heterocycles. The Morgan fingerprint density at radius 3 is 2.50 bits per heavy atom. The van der Waals surface area contributed by atoms with Crippen LogP contribution in [0.2, 0.25) is 0 Å². The largest absolute Gasteiger partial charge is 0.492 e. The van der Waals surface area contributed by atoms with Gasteiger partial charge in [-0.25, -0.2) is 0 Å². The number of benzene rings is 1. The van der Waals surface area contributed by atoms with Crippen molar-refractivity contribution in [1.29, 1.82) is 0 Å². The monoisotopic (exact) mass is 289 g/mol. The molecule has 0 unspecified atom stereocenters. The van der Waals surface area contributed by atoms with Gasteiger partial charge in [-0.15, -0.1) is 11.3 Å². The van der Waals surface area contributed by atoms with Gasteiger partial charge in [-0.05, 0) is 47.5 Å². The van der Waals surface area contributed by atoms with Crippen molar-refractivity contribution in [3.05, 3.63) is 51.7 Å². The molecule has 108 valence electrons. The summed E-state index contributed by atoms with van der Waals surface area (Å²) >= 11 is 1.80. The molecule has 0 aliphatic rings. The second-order valence-electron chi connectivity index (χ2n) is 5.28. The van der Waals surface area contributed by atoms with E-state index in [0.717, 1.165) is 18.8 Å². The topological polar surface area (TPSA) is 21.3 Å². The van der Waals surface area contributed by atoms with Crippen LogP contribution in [-0.4, -0.2) is 13.2 Å². The minimum atomic E-state index is 0.569. The molecule has 2 nitrogen and oxygen atoms in total. The highest BCUT2D eigenvalue weighted by Crippen LogP contribution is 2.18. The zero-order valence-electron chi connectivity index (χ0n) is 12.5. The Morgan fingerprint density at radius 2 is 1.90 bits per heavy atom. The summed E-state index contributed by atoms with van der Waals surface area (Å²) in [4.78, 5) is 1.41. The molecule has 0 radical (unpaired) electrons. The zero-order valence-corrected chi connectivity index (χ0v) is 13.3. The molecule has 20 heavy (non-hydrogen) atoms. The molecule has 0 saturated heterocycles. The Bertz CT molecular complexity index is 516. The maximum absolute atomic E-state index is 5.73. The van der Waals surface area contributed by atoms with E-state index in [0.29, 0.717) is 12.5 Å². The lowest BCUT2D eigenvalue weighted by molar-refractivity contribution is 0.313. The first-order valence-corrected chi connectivity index (χ1v) is 8.01. The number of thiophene rings is 1. The summed E-state index contributed by atoms with van der Waals surface area (Å²) < 4.78 is 5.73. The lowest BCUT2D eigenvalue weighted by Crippen LogP contribution is -2.20. The van der Waals surface area contributed by atoms with Crippen LogP contribution in [-0.2, 0) is 6.54 Å². The fourth-order valence-corrected chi connectivity index (χ4v) is 2.85. The highest BCUT2D eigenvalue weighted by Gasteiger charge is 2.00. The minimum absolute atomic E-state index is 0.569. The van der Waals surface area contributed by atoms with Gasteiger partial charge >= 0.3 is 0 Å². The number of nitrogens with one attached hydrogen (secondary N) is 1. The highest BCUT2D eigenvalue weighted by molar-refractivity contribution is 7.10. The molecular formula is C17H23NOS. The van der Waals surface area contributed by atoms with Crippen LogP contribution in [0.1, 0.15) is 35.8 Å². The van der Waals surface area contributed by atoms with Gasteiger partial charge in [0.2, 0.25) is 0 Å². The van der Waals surface area contributed by atoms with Crippen molar-refractivity contribution in [3.8, 4) is 5.75 Å². The van der Waals surface area contributed by atoms with Gasteiger partial charge in [-0.3, -0.25) is 0 Å². The first kappa shape index (κ1) is 15.1. The Balaban J connectivity index is 1.67. The van der Waals surface area contributed by atoms with E-state index in [1.54, 1.807) is 11.3 Å². The standard InChI is InChI=1S/C17H23NOS/c1-13(2)15-4-6-16(7-5-15)19-10-9-18-12-17-14(3)8-11-20-17/h4-8,11,13,18H,9-10,12H2,1-3H3. The molecule has 0 aliphatic heterocycles. The summed E-state index contributed by atoms with van der Waals surface area (Å²) in [5, 5.41) is 5.55. The smallest absolute Gasteiger partial charge is 0.119 e. The Kier molecular flexibility index (Phi) is 5.62. The van der Waals surface area contributed by atoms with Gasteiger partial charge in [-0.1, -0.05) is 26.0 Å². The molecule has 0 aliphatic carbocycles. The number of ether oxygens (including phenoxy) is 1. The van der Waals surface area contributed by atoms with Crippen LogP contribution in [0.25, 0.3) is 0 Å². The fraction of sp³-hybridized carbons (Fsp3) is 0.412. The van der Waals surface area contributed by atoms with Crippen molar-refractivity contribution < 1.29 is 4.74 Å². The van der Waals surface area contributed by atoms with Crippen LogP contribution >= 0.6 is 11.3 Å². The molecule has 2 aromatic rings. The molecule has 2 rings (SSSR count). The number of rotatable bonds is 7. The van der Waals surface area contributed by atoms with Crippen LogP contribution in [0.15, 0.2) is 35.7 Å². The van der Waals surface area contributed by atoms with E-state index >= 15 is 0 Å². The van der Waals surface area contributed by atoms with Gasteiger partial charge in [0, 0.05) is 18.0 Å². The lowest BCUT2D eigenvalue weighted by atomic mass is 10.0. The van der Waals surface area contributed by atoms with Gasteiger partial charge in [0.15, 0.2) is 0 Å². The average molecular weight is 289 g/mol. The minimum Gasteiger partial charge on any atom is -0.492 e. The second kappa shape index (κ2) is 7.46. The summed E-state index contributed by atoms with van der Waals surface area (Å²) in [5.41, 5.74) is 2.72. The van der Waals surface area contributed by atoms with Gasteiger partial charge in [0.1, 0.15) is 12.4 Å². The van der Waals surface area contributed by atoms with Gasteiger partial charge in [0.05, 0.1) is 0 Å². The van der Waals surface area contributed by atoms with Crippen molar-refractivity contribution in [3.63, 3.8) is 0 Å². The third kappa shape index (κ3) is 4.36. The molecule has 1 aromatic carbocycles. The second-order valence-corrected chi connectivity index (χ2v) is 6.28. The number of hydrogen-bond donors (Lipinski definition) is 1. The van der Waals surface area contributed by atoms with Crippen molar-refractivity contribution in [2.24, 2.45) is 0 Å². The van der Waals surface area contributed by atoms with Crippen molar-refractivity contribution >= 4 is 11.3 Å². The van der Waals surface area contributed by atoms with Crippen LogP contribution in [0.4, 0.5) is 0 Å². The molecule has 0 atom stereocenters. The predicted molar refractivity (Wildman–Crippen MR) is 86.8 cm³/mol. The van der Waals surface area contributed by atoms with Crippen molar-refractivity contribution in [2.45, 2.75) is 33.2 Å². The van der Waals surface area contributed by atoms with Crippen LogP contribution in [0, 0.1) is 6.92 Å². The average Bonchev–Trinajstić information content (AvgIpc) is 2.84. The molecule has 3 heteroatoms. The summed E-state index contributed by atoms with van der Waals surface area (Å²) in [5.74, 6) is 1.52. The molecule has 1 heterocycles. The zero-order chi connectivity index (χ0) is 14.4. The number of aryl methyl sites for hydroxylation is 1. The molecular weight excluding hydrogens is 266 g/mol. The van der Waals surface area contributed by atoms with E-state index < -0.39 is 0 Å². The van der Waals surface area contributed by atoms with Gasteiger partial charge < -0.3 is 10.1 Å². The molecule has 0 saturated carbocycles. The van der Waals surface area contributed by atoms with E-state index in [1.807, 2.05) is 0 Å². The van der Waals surface area contributed by atoms with Gasteiger partial charge in [-0.2, -0.15) is 0 Å². The fourth-order valence-electron chi connectivity index (χ4n) is 1.98. The Hall–Kier alpha value is -1.32. The third-order valence-electron chi connectivity index (χ3n) is 3.35. The first-order chi connectivity index (χ1) is 9.66. The maximum Gasteiger partial charge on any atom is 0.119 e. The highest BCUT2D eigenvalue weighted by atomic mass is 32.1. The lowest BCUT2D eigenvalue weighted by Gasteiger charge is -2.09. The van der Waals surface area contributed by atoms with Crippen molar-refractivity contribution in [1.82, 2.24) is 5.32 Å². The molecule has 1 N–H and O–H groups in total. The molecule has 0 bridgehead atoms. The summed E-state index contributed by atoms with van der Waals surface area (Å²) in [6.07, 6.45) is 0. The van der Waals surface area contributed by atoms with Crippen LogP contribution in [0.5, 0.6) is 5.75 Å². The summed E-state index contributed by atoms with van der Waals surface area (Å²) in [6, 6.07) is 10.6. The van der Waals surface area contributed by atoms with E-state index in [2.05, 4.69) is 61.8 Å². The molecule has 0 amide bonds. The SMILES string of the molecule is Cc1ccsc1CNCCOc1ccc(C(C)C)cc1. The van der Waals surface area contributed by atoms with Gasteiger partial charge in [0.25, 0.3) is 0 Å². The van der Waals surface area contributed by atoms with Crippen LogP contribution in [0.3, 0.4) is 0 Å². The Morgan fingerprint density at radius 1 is 1.15 bits per heavy atom. The van der Waals surface area contributed by atoms with E-state index in [1.165, 1.54) is 16.0 Å². The first-order valence-electron chi connectivity index (χ1n) is 7.13. The quantitative estimate of drug-likeness (QED) is 0.765. The van der Waals surface area contributed by atoms with E-state index in [-0.39, 0.29) is 0 Å². The summed E-state index contributed by atoms with van der Waals surface area (Å²) in [7, 11) is 0. The predicted octanol–water partition coefficient (Wildman–Crippen LogP) is 4.35. The van der Waals surface area contributed by atoms with E-state index in [4.69, 9.17) is 4.74 Å². The van der Waals surface area contributed by atoms with Crippen LogP contribution < -0.4 is 10.1 Å². The van der Waals surface area contributed by atoms with Crippen molar-refractivity contribution in [2.75, 3.05) is 13.2 Å². The molecule has 0 fully saturated rings. The maximum atomic E-state index is 5.73. The molecule has 0 spiro atoms.